The summed E-state index contributed by atoms with van der Waals surface area (Å²) in [6.45, 7) is -0.926. The van der Waals surface area contributed by atoms with Gasteiger partial charge < -0.3 is 10.1 Å². The number of aromatic nitrogens is 1. The molecule has 0 saturated carbocycles. The second kappa shape index (κ2) is 5.36. The van der Waals surface area contributed by atoms with E-state index in [1.165, 1.54) is 12.3 Å². The molecular formula is C9H10ClF3N2O. The first-order valence-corrected chi connectivity index (χ1v) is 4.79. The molecule has 0 saturated heterocycles. The molecule has 0 radical (unpaired) electrons. The third-order valence-corrected chi connectivity index (χ3v) is 2.00. The summed E-state index contributed by atoms with van der Waals surface area (Å²) >= 11 is 5.78. The van der Waals surface area contributed by atoms with Crippen LogP contribution in [0.5, 0.6) is 5.88 Å². The highest BCUT2D eigenvalue weighted by Crippen LogP contribution is 2.21. The van der Waals surface area contributed by atoms with Gasteiger partial charge in [0, 0.05) is 18.8 Å². The Bertz CT molecular complexity index is 357. The third-order valence-electron chi connectivity index (χ3n) is 1.66. The van der Waals surface area contributed by atoms with Gasteiger partial charge in [0.15, 0.2) is 6.61 Å². The molecule has 0 spiro atoms. The molecule has 0 aromatic carbocycles. The highest BCUT2D eigenvalue weighted by atomic mass is 35.5. The summed E-state index contributed by atoms with van der Waals surface area (Å²) in [5.41, 5.74) is 0.636. The van der Waals surface area contributed by atoms with E-state index in [2.05, 4.69) is 15.0 Å². The molecule has 90 valence electrons. The fourth-order valence-electron chi connectivity index (χ4n) is 1.02. The van der Waals surface area contributed by atoms with Gasteiger partial charge in [0.25, 0.3) is 0 Å². The lowest BCUT2D eigenvalue weighted by molar-refractivity contribution is -0.154. The van der Waals surface area contributed by atoms with Crippen molar-refractivity contribution in [1.82, 2.24) is 10.3 Å². The van der Waals surface area contributed by atoms with E-state index in [9.17, 15) is 13.2 Å². The summed E-state index contributed by atoms with van der Waals surface area (Å²) in [5, 5.41) is 3.22. The van der Waals surface area contributed by atoms with Crippen LogP contribution in [0.15, 0.2) is 12.3 Å². The average molecular weight is 255 g/mol. The predicted octanol–water partition coefficient (Wildman–Crippen LogP) is 2.40. The van der Waals surface area contributed by atoms with Crippen molar-refractivity contribution in [1.29, 1.82) is 0 Å². The lowest BCUT2D eigenvalue weighted by Crippen LogP contribution is -2.19. The second-order valence-corrected chi connectivity index (χ2v) is 3.46. The quantitative estimate of drug-likeness (QED) is 0.896. The number of rotatable bonds is 4. The first-order chi connectivity index (χ1) is 7.42. The molecule has 1 heterocycles. The molecule has 16 heavy (non-hydrogen) atoms. The van der Waals surface area contributed by atoms with Crippen molar-refractivity contribution in [3.05, 3.63) is 22.8 Å². The molecule has 0 fully saturated rings. The Morgan fingerprint density at radius 2 is 2.19 bits per heavy atom. The van der Waals surface area contributed by atoms with E-state index in [0.29, 0.717) is 17.1 Å². The van der Waals surface area contributed by atoms with Crippen molar-refractivity contribution in [2.24, 2.45) is 0 Å². The Kier molecular flexibility index (Phi) is 4.37. The van der Waals surface area contributed by atoms with E-state index in [-0.39, 0.29) is 5.88 Å². The molecule has 1 aromatic heterocycles. The molecule has 0 unspecified atom stereocenters. The van der Waals surface area contributed by atoms with Crippen LogP contribution in [-0.2, 0) is 6.54 Å². The van der Waals surface area contributed by atoms with Crippen molar-refractivity contribution < 1.29 is 17.9 Å². The fourth-order valence-corrected chi connectivity index (χ4v) is 1.19. The maximum atomic E-state index is 11.9. The van der Waals surface area contributed by atoms with Gasteiger partial charge in [-0.3, -0.25) is 0 Å². The van der Waals surface area contributed by atoms with Crippen LogP contribution < -0.4 is 10.1 Å². The van der Waals surface area contributed by atoms with Crippen LogP contribution in [0.3, 0.4) is 0 Å². The first-order valence-electron chi connectivity index (χ1n) is 4.41. The molecule has 0 amide bonds. The summed E-state index contributed by atoms with van der Waals surface area (Å²) in [6.07, 6.45) is -3.11. The van der Waals surface area contributed by atoms with Crippen molar-refractivity contribution in [3.63, 3.8) is 0 Å². The van der Waals surface area contributed by atoms with E-state index in [4.69, 9.17) is 11.6 Å². The number of hydrogen-bond acceptors (Lipinski definition) is 3. The standard InChI is InChI=1S/C9H10ClF3N2O/c1-14-3-6-2-8(15-4-7(6)10)16-5-9(11,12)13/h2,4,14H,3,5H2,1H3. The lowest BCUT2D eigenvalue weighted by atomic mass is 10.2. The van der Waals surface area contributed by atoms with E-state index in [1.54, 1.807) is 7.05 Å². The van der Waals surface area contributed by atoms with E-state index in [0.717, 1.165) is 0 Å². The zero-order chi connectivity index (χ0) is 12.2. The molecule has 0 aliphatic rings. The zero-order valence-electron chi connectivity index (χ0n) is 8.44. The van der Waals surface area contributed by atoms with Gasteiger partial charge in [-0.15, -0.1) is 0 Å². The molecular weight excluding hydrogens is 245 g/mol. The highest BCUT2D eigenvalue weighted by molar-refractivity contribution is 6.31. The van der Waals surface area contributed by atoms with Gasteiger partial charge in [0.05, 0.1) is 5.02 Å². The Labute approximate surface area is 95.6 Å². The number of hydrogen-bond donors (Lipinski definition) is 1. The molecule has 7 heteroatoms. The van der Waals surface area contributed by atoms with E-state index < -0.39 is 12.8 Å². The number of halogens is 4. The fraction of sp³-hybridized carbons (Fsp3) is 0.444. The summed E-state index contributed by atoms with van der Waals surface area (Å²) in [5.74, 6) is -0.0908. The first kappa shape index (κ1) is 13.1. The highest BCUT2D eigenvalue weighted by Gasteiger charge is 2.28. The summed E-state index contributed by atoms with van der Waals surface area (Å²) in [4.78, 5) is 3.64. The maximum Gasteiger partial charge on any atom is 0.422 e. The molecule has 1 aromatic rings. The van der Waals surface area contributed by atoms with Gasteiger partial charge in [-0.2, -0.15) is 13.2 Å². The van der Waals surface area contributed by atoms with Crippen LogP contribution in [0.4, 0.5) is 13.2 Å². The topological polar surface area (TPSA) is 34.1 Å². The minimum absolute atomic E-state index is 0.0908. The van der Waals surface area contributed by atoms with Crippen molar-refractivity contribution in [2.75, 3.05) is 13.7 Å². The maximum absolute atomic E-state index is 11.9. The smallest absolute Gasteiger partial charge is 0.422 e. The Balaban J connectivity index is 2.71. The minimum Gasteiger partial charge on any atom is -0.468 e. The van der Waals surface area contributed by atoms with Crippen LogP contribution in [0, 0.1) is 0 Å². The third kappa shape index (κ3) is 4.24. The predicted molar refractivity (Wildman–Crippen MR) is 53.6 cm³/mol. The summed E-state index contributed by atoms with van der Waals surface area (Å²) < 4.78 is 40.1. The largest absolute Gasteiger partial charge is 0.468 e. The van der Waals surface area contributed by atoms with Gasteiger partial charge >= 0.3 is 6.18 Å². The molecule has 0 aliphatic heterocycles. The number of nitrogens with zero attached hydrogens (tertiary/aromatic N) is 1. The van der Waals surface area contributed by atoms with Crippen LogP contribution in [0.25, 0.3) is 0 Å². The average Bonchev–Trinajstić information content (AvgIpc) is 2.18. The van der Waals surface area contributed by atoms with E-state index in [1.807, 2.05) is 0 Å². The number of pyridine rings is 1. The van der Waals surface area contributed by atoms with Gasteiger partial charge in [-0.25, -0.2) is 4.98 Å². The Morgan fingerprint density at radius 3 is 2.75 bits per heavy atom. The van der Waals surface area contributed by atoms with Crippen molar-refractivity contribution in [2.45, 2.75) is 12.7 Å². The van der Waals surface area contributed by atoms with Crippen LogP contribution >= 0.6 is 11.6 Å². The number of alkyl halides is 3. The van der Waals surface area contributed by atoms with Gasteiger partial charge in [0.1, 0.15) is 0 Å². The number of nitrogens with one attached hydrogen (secondary N) is 1. The van der Waals surface area contributed by atoms with Gasteiger partial charge in [0.2, 0.25) is 5.88 Å². The molecule has 1 N–H and O–H groups in total. The zero-order valence-corrected chi connectivity index (χ0v) is 9.19. The van der Waals surface area contributed by atoms with Crippen LogP contribution in [0.2, 0.25) is 5.02 Å². The molecule has 0 bridgehead atoms. The molecule has 1 rings (SSSR count). The summed E-state index contributed by atoms with van der Waals surface area (Å²) in [7, 11) is 1.70. The lowest BCUT2D eigenvalue weighted by Gasteiger charge is -2.10. The van der Waals surface area contributed by atoms with E-state index >= 15 is 0 Å². The Hall–Kier alpha value is -1.01. The molecule has 3 nitrogen and oxygen atoms in total. The molecule has 0 aliphatic carbocycles. The van der Waals surface area contributed by atoms with Crippen molar-refractivity contribution >= 4 is 11.6 Å². The van der Waals surface area contributed by atoms with Crippen LogP contribution in [0.1, 0.15) is 5.56 Å². The normalized spacial score (nSPS) is 11.6. The second-order valence-electron chi connectivity index (χ2n) is 3.05. The minimum atomic E-state index is -4.37. The number of ether oxygens (including phenoxy) is 1. The molecule has 0 atom stereocenters. The van der Waals surface area contributed by atoms with Crippen molar-refractivity contribution in [3.8, 4) is 5.88 Å². The van der Waals surface area contributed by atoms with Gasteiger partial charge in [-0.1, -0.05) is 11.6 Å². The Morgan fingerprint density at radius 1 is 1.50 bits per heavy atom. The van der Waals surface area contributed by atoms with Gasteiger partial charge in [-0.05, 0) is 12.6 Å². The van der Waals surface area contributed by atoms with Crippen LogP contribution in [-0.4, -0.2) is 24.8 Å². The SMILES string of the molecule is CNCc1cc(OCC(F)(F)F)ncc1Cl. The monoisotopic (exact) mass is 254 g/mol. The summed E-state index contributed by atoms with van der Waals surface area (Å²) in [6, 6.07) is 1.38.